The van der Waals surface area contributed by atoms with Crippen molar-refractivity contribution < 1.29 is 19.1 Å². The van der Waals surface area contributed by atoms with Gasteiger partial charge in [-0.25, -0.2) is 4.98 Å². The van der Waals surface area contributed by atoms with Crippen molar-refractivity contribution in [3.8, 4) is 0 Å². The van der Waals surface area contributed by atoms with E-state index >= 15 is 0 Å². The van der Waals surface area contributed by atoms with Crippen LogP contribution < -0.4 is 16.0 Å². The normalized spacial score (nSPS) is 16.0. The number of anilines is 2. The largest absolute Gasteiger partial charge is 0.468 e. The number of halogens is 1. The number of unbranched alkanes of at least 4 members (excludes halogenated alkanes) is 1. The molecule has 3 aliphatic rings. The minimum atomic E-state index is -1.20. The van der Waals surface area contributed by atoms with Crippen molar-refractivity contribution in [1.82, 2.24) is 40.1 Å². The Kier molecular flexibility index (Phi) is 15.4. The minimum absolute atomic E-state index is 0.0620. The van der Waals surface area contributed by atoms with Crippen molar-refractivity contribution in [3.05, 3.63) is 147 Å². The highest BCUT2D eigenvalue weighted by atomic mass is 35.5. The number of aryl methyl sites for hydroxylation is 3. The number of nitrogens with zero attached hydrogens (tertiary/aromatic N) is 5. The topological polar surface area (TPSA) is 183 Å². The smallest absolute Gasteiger partial charge is 0.321 e. The number of amides is 1. The lowest BCUT2D eigenvalue weighted by atomic mass is 9.84. The van der Waals surface area contributed by atoms with Gasteiger partial charge in [-0.3, -0.25) is 34.2 Å². The summed E-state index contributed by atoms with van der Waals surface area (Å²) < 4.78 is 5.33. The van der Waals surface area contributed by atoms with Gasteiger partial charge >= 0.3 is 5.97 Å². The second-order valence-electron chi connectivity index (χ2n) is 20.6. The number of benzene rings is 2. The van der Waals surface area contributed by atoms with E-state index in [0.717, 1.165) is 147 Å². The first-order valence-corrected chi connectivity index (χ1v) is 27.2. The van der Waals surface area contributed by atoms with E-state index < -0.39 is 11.9 Å². The van der Waals surface area contributed by atoms with Crippen LogP contribution in [-0.2, 0) is 14.3 Å². The number of carbonyl (C=O) groups excluding carboxylic acids is 3. The van der Waals surface area contributed by atoms with E-state index in [1.54, 1.807) is 6.20 Å². The zero-order chi connectivity index (χ0) is 54.1. The van der Waals surface area contributed by atoms with E-state index in [0.29, 0.717) is 40.3 Å². The van der Waals surface area contributed by atoms with Crippen LogP contribution in [0.4, 0.5) is 11.4 Å². The molecule has 396 valence electrons. The molecule has 0 spiro atoms. The Hall–Kier alpha value is -7.68. The SMILES string of the molecule is C=Cc1c(C)c2cc3nc(c4c5[nH]c(cc6nc(cc1[nH]2)C(C)=C6CC)c(C)c5C(=O)[C@@H]4C(=O)OC)[C@@H](CCC(=O)NCCCCN(CCNc1ccnc2cc(C)ccc12)CCNc1ccnc2cc(Cl)ccc12)[C@@H]3C. The van der Waals surface area contributed by atoms with Crippen molar-refractivity contribution in [2.24, 2.45) is 0 Å². The number of aromatic nitrogens is 6. The molecule has 5 N–H and O–H groups in total. The molecule has 5 aromatic heterocycles. The van der Waals surface area contributed by atoms with Crippen LogP contribution in [0.5, 0.6) is 0 Å². The van der Waals surface area contributed by atoms with Crippen LogP contribution in [0.1, 0.15) is 132 Å². The second-order valence-corrected chi connectivity index (χ2v) is 21.1. The molecule has 0 fully saturated rings. The summed E-state index contributed by atoms with van der Waals surface area (Å²) in [5.41, 5.74) is 17.1. The van der Waals surface area contributed by atoms with Crippen molar-refractivity contribution in [3.63, 3.8) is 0 Å². The van der Waals surface area contributed by atoms with Gasteiger partial charge in [-0.15, -0.1) is 0 Å². The van der Waals surface area contributed by atoms with E-state index in [4.69, 9.17) is 26.3 Å². The molecule has 14 nitrogen and oxygen atoms in total. The molecule has 3 atom stereocenters. The number of rotatable bonds is 19. The van der Waals surface area contributed by atoms with Gasteiger partial charge in [0.15, 0.2) is 5.78 Å². The number of ether oxygens (including phenoxy) is 1. The van der Waals surface area contributed by atoms with Gasteiger partial charge in [0.05, 0.1) is 40.7 Å². The summed E-state index contributed by atoms with van der Waals surface area (Å²) in [7, 11) is 1.31. The van der Waals surface area contributed by atoms with Crippen molar-refractivity contribution >= 4 is 102 Å². The monoisotopic (exact) mass is 1050 g/mol. The second kappa shape index (κ2) is 22.5. The van der Waals surface area contributed by atoms with Crippen LogP contribution in [0.25, 0.3) is 61.1 Å². The summed E-state index contributed by atoms with van der Waals surface area (Å²) >= 11 is 6.28. The molecule has 1 amide bonds. The molecular formula is C62H67ClN10O4. The molecule has 8 bridgehead atoms. The third-order valence-corrected chi connectivity index (χ3v) is 16.1. The Morgan fingerprint density at radius 2 is 1.49 bits per heavy atom. The van der Waals surface area contributed by atoms with Gasteiger partial charge in [-0.1, -0.05) is 50.2 Å². The Labute approximate surface area is 454 Å². The van der Waals surface area contributed by atoms with Crippen molar-refractivity contribution in [2.45, 2.75) is 91.4 Å². The van der Waals surface area contributed by atoms with E-state index in [-0.39, 0.29) is 29.9 Å². The molecular weight excluding hydrogens is 984 g/mol. The van der Waals surface area contributed by atoms with E-state index in [1.807, 2.05) is 55.6 Å². The molecule has 1 aliphatic carbocycles. The number of aromatic amines is 2. The van der Waals surface area contributed by atoms with Gasteiger partial charge in [-0.2, -0.15) is 0 Å². The number of hydrogen-bond donors (Lipinski definition) is 5. The van der Waals surface area contributed by atoms with Crippen molar-refractivity contribution in [2.75, 3.05) is 57.0 Å². The summed E-state index contributed by atoms with van der Waals surface area (Å²) in [5.74, 6) is -2.68. The predicted molar refractivity (Wildman–Crippen MR) is 312 cm³/mol. The number of pyridine rings is 2. The maximum atomic E-state index is 14.5. The number of ketones is 1. The highest BCUT2D eigenvalue weighted by Crippen LogP contribution is 2.48. The number of esters is 1. The number of carbonyl (C=O) groups is 3. The Bertz CT molecular complexity index is 3620. The number of nitrogens with one attached hydrogen (secondary N) is 5. The molecule has 15 heteroatoms. The zero-order valence-corrected chi connectivity index (χ0v) is 45.8. The molecule has 0 saturated carbocycles. The van der Waals surface area contributed by atoms with E-state index in [2.05, 4.69) is 112 Å². The molecule has 2 aliphatic heterocycles. The molecule has 77 heavy (non-hydrogen) atoms. The van der Waals surface area contributed by atoms with Gasteiger partial charge in [0.25, 0.3) is 0 Å². The lowest BCUT2D eigenvalue weighted by Gasteiger charge is -2.24. The van der Waals surface area contributed by atoms with Gasteiger partial charge in [0.1, 0.15) is 5.92 Å². The third-order valence-electron chi connectivity index (χ3n) is 15.9. The lowest BCUT2D eigenvalue weighted by molar-refractivity contribution is -0.141. The van der Waals surface area contributed by atoms with Crippen molar-refractivity contribution in [1.29, 1.82) is 0 Å². The minimum Gasteiger partial charge on any atom is -0.468 e. The number of allylic oxidation sites excluding steroid dienone is 2. The van der Waals surface area contributed by atoms with Crippen LogP contribution in [-0.4, -0.2) is 98.8 Å². The van der Waals surface area contributed by atoms with Crippen LogP contribution in [0.15, 0.2) is 85.7 Å². The zero-order valence-electron chi connectivity index (χ0n) is 45.0. The first kappa shape index (κ1) is 52.7. The first-order valence-electron chi connectivity index (χ1n) is 26.9. The third kappa shape index (κ3) is 10.5. The van der Waals surface area contributed by atoms with Crippen LogP contribution in [0.2, 0.25) is 5.02 Å². The van der Waals surface area contributed by atoms with Gasteiger partial charge < -0.3 is 30.7 Å². The highest BCUT2D eigenvalue weighted by Gasteiger charge is 2.45. The standard InChI is InChI=1S/C62H67ClN10O4/c1-9-40-35(4)47-31-49-37(6)42(59(71-49)57-58(62(76)77-8)61(75)56-38(7)50(72-60(56)57)33-54-41(10-2)36(5)48(70-54)32-53(40)69-47)17-18-55(74)68-21-11-12-26-73(27-24-66-45-19-22-64-51-29-34(3)13-15-43(45)51)28-25-67-46-20-23-65-52-30-39(63)14-16-44(46)52/h9,13-16,19-20,22-23,29-33,37,42,58,69,72H,1,10-12,17-18,21,24-28H2,2-8H3,(H,64,66)(H,65,67)(H,68,74)/t37-,42-,58+/m0/s1. The molecule has 0 unspecified atom stereocenters. The molecule has 0 radical (unpaired) electrons. The molecule has 10 rings (SSSR count). The van der Waals surface area contributed by atoms with E-state index in [9.17, 15) is 14.4 Å². The lowest BCUT2D eigenvalue weighted by Crippen LogP contribution is -2.34. The molecule has 2 aromatic carbocycles. The van der Waals surface area contributed by atoms with Gasteiger partial charge in [0.2, 0.25) is 5.91 Å². The fourth-order valence-electron chi connectivity index (χ4n) is 11.6. The average molecular weight is 1050 g/mol. The van der Waals surface area contributed by atoms with E-state index in [1.165, 1.54) is 12.7 Å². The number of hydrogen-bond acceptors (Lipinski definition) is 11. The molecule has 0 saturated heterocycles. The predicted octanol–water partition coefficient (Wildman–Crippen LogP) is 12.5. The van der Waals surface area contributed by atoms with Crippen LogP contribution >= 0.6 is 11.6 Å². The Balaban J connectivity index is 0.865. The van der Waals surface area contributed by atoms with Crippen LogP contribution in [0.3, 0.4) is 0 Å². The average Bonchev–Trinajstić information content (AvgIpc) is 4.21. The highest BCUT2D eigenvalue weighted by molar-refractivity contribution is 6.31. The summed E-state index contributed by atoms with van der Waals surface area (Å²) in [6.07, 6.45) is 8.64. The maximum absolute atomic E-state index is 14.5. The number of H-pyrrole nitrogens is 2. The first-order chi connectivity index (χ1) is 37.3. The summed E-state index contributed by atoms with van der Waals surface area (Å²) in [6.45, 7) is 21.0. The number of methoxy groups -OCH3 is 1. The quantitative estimate of drug-likeness (QED) is 0.0295. The summed E-state index contributed by atoms with van der Waals surface area (Å²) in [5, 5.41) is 13.3. The van der Waals surface area contributed by atoms with Gasteiger partial charge in [-0.05, 0) is 142 Å². The Morgan fingerprint density at radius 3 is 2.19 bits per heavy atom. The maximum Gasteiger partial charge on any atom is 0.321 e. The number of fused-ring (bicyclic) bond motifs is 10. The fraction of sp³-hybridized carbons (Fsp3) is 0.339. The Morgan fingerprint density at radius 1 is 0.805 bits per heavy atom. The molecule has 7 aromatic rings. The number of Topliss-reactive ketones (excluding diaryl/α,β-unsaturated/α-hetero) is 1. The summed E-state index contributed by atoms with van der Waals surface area (Å²) in [4.78, 5) is 71.4. The van der Waals surface area contributed by atoms with Crippen LogP contribution in [0, 0.1) is 20.8 Å². The fourth-order valence-corrected chi connectivity index (χ4v) is 11.8. The summed E-state index contributed by atoms with van der Waals surface area (Å²) in [6, 6.07) is 22.3. The van der Waals surface area contributed by atoms with Gasteiger partial charge in [0, 0.05) is 129 Å². The molecule has 7 heterocycles.